The van der Waals surface area contributed by atoms with Crippen molar-refractivity contribution in [2.24, 2.45) is 12.8 Å². The van der Waals surface area contributed by atoms with Gasteiger partial charge in [0.1, 0.15) is 17.1 Å². The number of rotatable bonds is 3. The minimum absolute atomic E-state index is 0.242. The number of pyridine rings is 1. The first-order valence-electron chi connectivity index (χ1n) is 8.41. The molecule has 0 unspecified atom stereocenters. The molecule has 0 aliphatic carbocycles. The topological polar surface area (TPSA) is 114 Å². The molecule has 0 aliphatic rings. The molecule has 0 spiro atoms. The lowest BCUT2D eigenvalue weighted by atomic mass is 10.1. The zero-order valence-corrected chi connectivity index (χ0v) is 15.6. The molecule has 1 amide bonds. The average Bonchev–Trinajstić information content (AvgIpc) is 3.13. The van der Waals surface area contributed by atoms with Crippen molar-refractivity contribution in [1.82, 2.24) is 19.1 Å². The first kappa shape index (κ1) is 16.9. The predicted octanol–water partition coefficient (Wildman–Crippen LogP) is 2.22. The van der Waals surface area contributed by atoms with Crippen molar-refractivity contribution in [3.05, 3.63) is 41.3 Å². The number of carbonyl (C=O) groups excluding carboxylic acids is 1. The third-order valence-electron chi connectivity index (χ3n) is 4.96. The summed E-state index contributed by atoms with van der Waals surface area (Å²) in [5.41, 5.74) is 17.1. The fourth-order valence-corrected chi connectivity index (χ4v) is 3.71. The monoisotopic (exact) mass is 364 g/mol. The summed E-state index contributed by atoms with van der Waals surface area (Å²) < 4.78 is 9.13. The van der Waals surface area contributed by atoms with Gasteiger partial charge in [0.25, 0.3) is 5.91 Å². The van der Waals surface area contributed by atoms with E-state index in [1.165, 1.54) is 0 Å². The maximum atomic E-state index is 12.2. The largest absolute Gasteiger partial charge is 0.496 e. The molecule has 0 saturated heterocycles. The zero-order chi connectivity index (χ0) is 19.5. The van der Waals surface area contributed by atoms with Gasteiger partial charge < -0.3 is 20.8 Å². The number of hydrogen-bond acceptors (Lipinski definition) is 5. The summed E-state index contributed by atoms with van der Waals surface area (Å²) in [6.07, 6.45) is 3.30. The molecule has 138 valence electrons. The van der Waals surface area contributed by atoms with E-state index in [1.54, 1.807) is 19.6 Å². The number of primary amides is 1. The van der Waals surface area contributed by atoms with Gasteiger partial charge in [0.2, 0.25) is 0 Å². The van der Waals surface area contributed by atoms with Gasteiger partial charge in [-0.1, -0.05) is 6.07 Å². The number of aromatic nitrogens is 4. The van der Waals surface area contributed by atoms with E-state index in [2.05, 4.69) is 9.97 Å². The molecule has 4 rings (SSSR count). The van der Waals surface area contributed by atoms with E-state index in [4.69, 9.17) is 16.2 Å². The summed E-state index contributed by atoms with van der Waals surface area (Å²) in [5, 5.41) is 0.577. The summed E-state index contributed by atoms with van der Waals surface area (Å²) in [6, 6.07) is 3.86. The van der Waals surface area contributed by atoms with E-state index in [0.29, 0.717) is 22.1 Å². The third kappa shape index (κ3) is 2.19. The molecule has 3 aromatic heterocycles. The number of amides is 1. The Morgan fingerprint density at radius 3 is 2.63 bits per heavy atom. The Morgan fingerprint density at radius 1 is 1.22 bits per heavy atom. The molecule has 4 N–H and O–H groups in total. The maximum Gasteiger partial charge on any atom is 0.253 e. The van der Waals surface area contributed by atoms with Gasteiger partial charge >= 0.3 is 0 Å². The van der Waals surface area contributed by atoms with Crippen LogP contribution in [-0.4, -0.2) is 32.1 Å². The molecule has 27 heavy (non-hydrogen) atoms. The molecule has 1 aromatic carbocycles. The minimum atomic E-state index is -0.605. The Morgan fingerprint density at radius 2 is 1.96 bits per heavy atom. The van der Waals surface area contributed by atoms with E-state index < -0.39 is 5.91 Å². The molecule has 8 nitrogen and oxygen atoms in total. The number of nitrogen functional groups attached to an aromatic ring is 1. The highest BCUT2D eigenvalue weighted by Gasteiger charge is 2.25. The summed E-state index contributed by atoms with van der Waals surface area (Å²) in [7, 11) is 3.48. The number of nitrogens with zero attached hydrogens (tertiary/aromatic N) is 4. The van der Waals surface area contributed by atoms with Gasteiger partial charge in [-0.25, -0.2) is 9.97 Å². The van der Waals surface area contributed by atoms with E-state index in [0.717, 1.165) is 22.6 Å². The summed E-state index contributed by atoms with van der Waals surface area (Å²) in [4.78, 5) is 21.1. The zero-order valence-electron chi connectivity index (χ0n) is 15.6. The lowest BCUT2D eigenvalue weighted by molar-refractivity contribution is 0.100. The Kier molecular flexibility index (Phi) is 3.59. The van der Waals surface area contributed by atoms with Crippen molar-refractivity contribution in [2.45, 2.75) is 13.8 Å². The summed E-state index contributed by atoms with van der Waals surface area (Å²) >= 11 is 0. The van der Waals surface area contributed by atoms with Gasteiger partial charge in [-0.2, -0.15) is 0 Å². The van der Waals surface area contributed by atoms with E-state index in [-0.39, 0.29) is 11.4 Å². The smallest absolute Gasteiger partial charge is 0.253 e. The second-order valence-electron chi connectivity index (χ2n) is 6.57. The fourth-order valence-electron chi connectivity index (χ4n) is 3.71. The highest BCUT2D eigenvalue weighted by molar-refractivity contribution is 6.16. The molecule has 0 saturated carbocycles. The van der Waals surface area contributed by atoms with Crippen molar-refractivity contribution in [3.8, 4) is 11.4 Å². The Labute approximate surface area is 155 Å². The standard InChI is InChI=1S/C19H20N6O2/c1-9-5-6-12(27-4)10(2)15(9)25-16-11(13(17(25)20)18(21)26)7-22-19-14(16)23-8-24(19)3/h5-8H,20H2,1-4H3,(H2,21,26). The third-order valence-corrected chi connectivity index (χ3v) is 4.96. The highest BCUT2D eigenvalue weighted by Crippen LogP contribution is 2.38. The van der Waals surface area contributed by atoms with E-state index >= 15 is 0 Å². The van der Waals surface area contributed by atoms with Gasteiger partial charge in [-0.05, 0) is 25.5 Å². The van der Waals surface area contributed by atoms with Crippen LogP contribution in [0.1, 0.15) is 21.5 Å². The van der Waals surface area contributed by atoms with Crippen LogP contribution in [-0.2, 0) is 7.05 Å². The van der Waals surface area contributed by atoms with Gasteiger partial charge in [0.05, 0.1) is 30.2 Å². The van der Waals surface area contributed by atoms with Crippen LogP contribution in [0.15, 0.2) is 24.7 Å². The van der Waals surface area contributed by atoms with E-state index in [1.807, 2.05) is 42.2 Å². The average molecular weight is 364 g/mol. The molecule has 0 fully saturated rings. The number of fused-ring (bicyclic) bond motifs is 3. The number of hydrogen-bond donors (Lipinski definition) is 2. The van der Waals surface area contributed by atoms with Crippen LogP contribution in [0.25, 0.3) is 27.8 Å². The van der Waals surface area contributed by atoms with Crippen molar-refractivity contribution in [2.75, 3.05) is 12.8 Å². The molecule has 4 aromatic rings. The number of aryl methyl sites for hydroxylation is 2. The molecule has 0 atom stereocenters. The number of nitrogens with two attached hydrogens (primary N) is 2. The van der Waals surface area contributed by atoms with E-state index in [9.17, 15) is 4.79 Å². The number of ether oxygens (including phenoxy) is 1. The first-order chi connectivity index (χ1) is 12.9. The quantitative estimate of drug-likeness (QED) is 0.578. The second-order valence-corrected chi connectivity index (χ2v) is 6.57. The Hall–Kier alpha value is -3.55. The summed E-state index contributed by atoms with van der Waals surface area (Å²) in [6.45, 7) is 3.93. The number of imidazole rings is 1. The molecule has 0 aliphatic heterocycles. The number of benzene rings is 1. The second kappa shape index (κ2) is 5.73. The van der Waals surface area contributed by atoms with Crippen LogP contribution >= 0.6 is 0 Å². The minimum Gasteiger partial charge on any atom is -0.496 e. The molecule has 3 heterocycles. The van der Waals surface area contributed by atoms with Crippen LogP contribution in [0.2, 0.25) is 0 Å². The molecular weight excluding hydrogens is 344 g/mol. The summed E-state index contributed by atoms with van der Waals surface area (Å²) in [5.74, 6) is 0.382. The Bertz CT molecular complexity index is 1230. The molecular formula is C19H20N6O2. The lowest BCUT2D eigenvalue weighted by Gasteiger charge is -2.17. The SMILES string of the molecule is COc1ccc(C)c(-n2c(N)c(C(N)=O)c3cnc4c(ncn4C)c32)c1C. The van der Waals surface area contributed by atoms with Crippen LogP contribution in [0.5, 0.6) is 5.75 Å². The van der Waals surface area contributed by atoms with Gasteiger partial charge in [-0.3, -0.25) is 9.36 Å². The van der Waals surface area contributed by atoms with Gasteiger partial charge in [-0.15, -0.1) is 0 Å². The van der Waals surface area contributed by atoms with Crippen LogP contribution in [0, 0.1) is 13.8 Å². The number of methoxy groups -OCH3 is 1. The lowest BCUT2D eigenvalue weighted by Crippen LogP contribution is -2.14. The molecule has 0 radical (unpaired) electrons. The van der Waals surface area contributed by atoms with Crippen LogP contribution in [0.3, 0.4) is 0 Å². The Balaban J connectivity index is 2.27. The molecule has 0 bridgehead atoms. The highest BCUT2D eigenvalue weighted by atomic mass is 16.5. The van der Waals surface area contributed by atoms with Crippen molar-refractivity contribution >= 4 is 33.8 Å². The van der Waals surface area contributed by atoms with Crippen LogP contribution < -0.4 is 16.2 Å². The maximum absolute atomic E-state index is 12.2. The number of anilines is 1. The van der Waals surface area contributed by atoms with Crippen molar-refractivity contribution < 1.29 is 9.53 Å². The molecule has 8 heteroatoms. The van der Waals surface area contributed by atoms with Crippen LogP contribution in [0.4, 0.5) is 5.82 Å². The first-order valence-corrected chi connectivity index (χ1v) is 8.41. The fraction of sp³-hybridized carbons (Fsp3) is 0.211. The predicted molar refractivity (Wildman–Crippen MR) is 104 cm³/mol. The van der Waals surface area contributed by atoms with Crippen molar-refractivity contribution in [3.63, 3.8) is 0 Å². The normalized spacial score (nSPS) is 11.4. The number of carbonyl (C=O) groups is 1. The van der Waals surface area contributed by atoms with Gasteiger partial charge in [0.15, 0.2) is 5.65 Å². The van der Waals surface area contributed by atoms with Crippen molar-refractivity contribution in [1.29, 1.82) is 0 Å². The van der Waals surface area contributed by atoms with Gasteiger partial charge in [0, 0.05) is 24.2 Å².